The molecule has 4 nitrogen and oxygen atoms in total. The minimum Gasteiger partial charge on any atom is -0.494 e. The molecule has 40 heavy (non-hydrogen) atoms. The van der Waals surface area contributed by atoms with Crippen molar-refractivity contribution in [3.05, 3.63) is 89.5 Å². The van der Waals surface area contributed by atoms with Crippen LogP contribution >= 0.6 is 0 Å². The van der Waals surface area contributed by atoms with Crippen LogP contribution in [-0.2, 0) is 6.54 Å². The van der Waals surface area contributed by atoms with Gasteiger partial charge >= 0.3 is 12.7 Å². The Bertz CT molecular complexity index is 1130. The highest BCUT2D eigenvalue weighted by Crippen LogP contribution is 2.40. The second-order valence-corrected chi connectivity index (χ2v) is 9.82. The van der Waals surface area contributed by atoms with E-state index in [1.165, 1.54) is 29.8 Å². The van der Waals surface area contributed by atoms with Crippen LogP contribution in [-0.4, -0.2) is 37.3 Å². The lowest BCUT2D eigenvalue weighted by Gasteiger charge is -2.37. The number of hydrogen-bond donors (Lipinski definition) is 0. The summed E-state index contributed by atoms with van der Waals surface area (Å²) in [5, 5.41) is 0. The van der Waals surface area contributed by atoms with Crippen molar-refractivity contribution in [2.45, 2.75) is 51.4 Å². The molecule has 3 aromatic rings. The van der Waals surface area contributed by atoms with Crippen molar-refractivity contribution in [2.75, 3.05) is 19.7 Å². The Morgan fingerprint density at radius 3 is 1.57 bits per heavy atom. The summed E-state index contributed by atoms with van der Waals surface area (Å²) >= 11 is 0. The second kappa shape index (κ2) is 12.8. The van der Waals surface area contributed by atoms with Gasteiger partial charge in [0, 0.05) is 12.5 Å². The van der Waals surface area contributed by atoms with Gasteiger partial charge in [-0.3, -0.25) is 4.90 Å². The number of hydrogen-bond acceptors (Lipinski definition) is 4. The summed E-state index contributed by atoms with van der Waals surface area (Å²) in [5.74, 6) is 0.0852. The third-order valence-electron chi connectivity index (χ3n) is 6.85. The molecule has 1 fully saturated rings. The molecule has 0 atom stereocenters. The summed E-state index contributed by atoms with van der Waals surface area (Å²) in [4.78, 5) is 2.34. The van der Waals surface area contributed by atoms with Crippen LogP contribution in [0.1, 0.15) is 48.8 Å². The Labute approximate surface area is 229 Å². The van der Waals surface area contributed by atoms with E-state index < -0.39 is 12.7 Å². The summed E-state index contributed by atoms with van der Waals surface area (Å²) in [7, 11) is 0. The van der Waals surface area contributed by atoms with Gasteiger partial charge in [-0.15, -0.1) is 26.3 Å². The van der Waals surface area contributed by atoms with Gasteiger partial charge in [-0.2, -0.15) is 0 Å². The van der Waals surface area contributed by atoms with E-state index in [-0.39, 0.29) is 23.3 Å². The van der Waals surface area contributed by atoms with E-state index in [9.17, 15) is 26.3 Å². The number of rotatable bonds is 10. The Morgan fingerprint density at radius 2 is 1.15 bits per heavy atom. The normalized spacial score (nSPS) is 15.3. The molecule has 0 N–H and O–H groups in total. The highest BCUT2D eigenvalue weighted by Gasteiger charge is 2.33. The minimum absolute atomic E-state index is 0.129. The van der Waals surface area contributed by atoms with Crippen LogP contribution in [0, 0.1) is 5.92 Å². The van der Waals surface area contributed by atoms with E-state index in [0.717, 1.165) is 55.8 Å². The van der Waals surface area contributed by atoms with Crippen LogP contribution in [0.5, 0.6) is 17.2 Å². The Kier molecular flexibility index (Phi) is 9.50. The SMILES string of the molecule is CCCOc1ccc(CN2CCC(C(c3ccc(OC(F)(F)F)cc3)c3ccc(OC(F)(F)F)cc3)CC2)cc1. The van der Waals surface area contributed by atoms with Crippen molar-refractivity contribution in [1.82, 2.24) is 4.90 Å². The van der Waals surface area contributed by atoms with Crippen LogP contribution in [0.3, 0.4) is 0 Å². The molecule has 1 saturated heterocycles. The molecule has 0 aliphatic carbocycles. The average molecular weight is 568 g/mol. The zero-order valence-corrected chi connectivity index (χ0v) is 22.0. The van der Waals surface area contributed by atoms with E-state index in [0.29, 0.717) is 6.61 Å². The lowest BCUT2D eigenvalue weighted by Crippen LogP contribution is -2.35. The molecule has 0 radical (unpaired) electrons. The zero-order valence-electron chi connectivity index (χ0n) is 22.0. The lowest BCUT2D eigenvalue weighted by molar-refractivity contribution is -0.275. The van der Waals surface area contributed by atoms with Gasteiger partial charge in [0.2, 0.25) is 0 Å². The fraction of sp³-hybridized carbons (Fsp3) is 0.400. The van der Waals surface area contributed by atoms with E-state index >= 15 is 0 Å². The summed E-state index contributed by atoms with van der Waals surface area (Å²) in [6, 6.07) is 19.4. The fourth-order valence-corrected chi connectivity index (χ4v) is 5.10. The summed E-state index contributed by atoms with van der Waals surface area (Å²) < 4.78 is 89.6. The van der Waals surface area contributed by atoms with Gasteiger partial charge in [0.25, 0.3) is 0 Å². The number of piperidine rings is 1. The molecule has 216 valence electrons. The predicted octanol–water partition coefficient (Wildman–Crippen LogP) is 8.32. The zero-order chi connectivity index (χ0) is 28.8. The Hall–Kier alpha value is -3.40. The molecule has 0 aromatic heterocycles. The van der Waals surface area contributed by atoms with Crippen molar-refractivity contribution >= 4 is 0 Å². The first-order valence-electron chi connectivity index (χ1n) is 13.1. The van der Waals surface area contributed by atoms with Crippen LogP contribution in [0.4, 0.5) is 26.3 Å². The predicted molar refractivity (Wildman–Crippen MR) is 138 cm³/mol. The smallest absolute Gasteiger partial charge is 0.494 e. The molecule has 1 heterocycles. The van der Waals surface area contributed by atoms with Gasteiger partial charge in [0.15, 0.2) is 0 Å². The third kappa shape index (κ3) is 8.81. The molecule has 0 saturated carbocycles. The molecule has 1 aliphatic heterocycles. The van der Waals surface area contributed by atoms with Gasteiger partial charge in [-0.1, -0.05) is 43.3 Å². The van der Waals surface area contributed by atoms with Crippen molar-refractivity contribution in [1.29, 1.82) is 0 Å². The largest absolute Gasteiger partial charge is 0.573 e. The van der Waals surface area contributed by atoms with E-state index in [1.807, 2.05) is 12.1 Å². The summed E-state index contributed by atoms with van der Waals surface area (Å²) in [6.07, 6.45) is -7.04. The first-order valence-corrected chi connectivity index (χ1v) is 13.1. The topological polar surface area (TPSA) is 30.9 Å². The summed E-state index contributed by atoms with van der Waals surface area (Å²) in [6.45, 7) is 5.11. The maximum Gasteiger partial charge on any atom is 0.573 e. The molecule has 0 bridgehead atoms. The van der Waals surface area contributed by atoms with Gasteiger partial charge in [0.1, 0.15) is 17.2 Å². The highest BCUT2D eigenvalue weighted by molar-refractivity contribution is 5.39. The van der Waals surface area contributed by atoms with E-state index in [4.69, 9.17) is 4.74 Å². The van der Waals surface area contributed by atoms with Gasteiger partial charge in [-0.05, 0) is 91.4 Å². The maximum absolute atomic E-state index is 12.6. The maximum atomic E-state index is 12.6. The monoisotopic (exact) mass is 567 g/mol. The van der Waals surface area contributed by atoms with Gasteiger partial charge < -0.3 is 14.2 Å². The highest BCUT2D eigenvalue weighted by atomic mass is 19.4. The number of ether oxygens (including phenoxy) is 3. The lowest BCUT2D eigenvalue weighted by atomic mass is 9.76. The minimum atomic E-state index is -4.80. The van der Waals surface area contributed by atoms with Crippen molar-refractivity contribution < 1.29 is 40.6 Å². The quantitative estimate of drug-likeness (QED) is 0.231. The third-order valence-corrected chi connectivity index (χ3v) is 6.85. The number of benzene rings is 3. The molecular weight excluding hydrogens is 536 g/mol. The molecule has 0 unspecified atom stereocenters. The standard InChI is InChI=1S/C30H31F6NO3/c1-2-19-38-25-9-3-21(4-10-25)20-37-17-15-24(16-18-37)28(22-5-11-26(12-6-22)39-29(31,32)33)23-7-13-27(14-8-23)40-30(34,35)36/h3-14,24,28H,2,15-20H2,1H3. The van der Waals surface area contributed by atoms with E-state index in [2.05, 4.69) is 33.4 Å². The van der Waals surface area contributed by atoms with Crippen LogP contribution in [0.15, 0.2) is 72.8 Å². The van der Waals surface area contributed by atoms with Crippen molar-refractivity contribution in [3.8, 4) is 17.2 Å². The molecular formula is C30H31F6NO3. The molecule has 4 rings (SSSR count). The van der Waals surface area contributed by atoms with Crippen molar-refractivity contribution in [3.63, 3.8) is 0 Å². The van der Waals surface area contributed by atoms with Crippen LogP contribution in [0.2, 0.25) is 0 Å². The molecule has 10 heteroatoms. The molecule has 3 aromatic carbocycles. The average Bonchev–Trinajstić information content (AvgIpc) is 2.90. The van der Waals surface area contributed by atoms with E-state index in [1.54, 1.807) is 24.3 Å². The summed E-state index contributed by atoms with van der Waals surface area (Å²) in [5.41, 5.74) is 2.69. The van der Waals surface area contributed by atoms with Crippen LogP contribution in [0.25, 0.3) is 0 Å². The van der Waals surface area contributed by atoms with Crippen LogP contribution < -0.4 is 14.2 Å². The Morgan fingerprint density at radius 1 is 0.700 bits per heavy atom. The number of likely N-dealkylation sites (tertiary alicyclic amines) is 1. The first kappa shape index (κ1) is 29.6. The molecule has 0 amide bonds. The molecule has 0 spiro atoms. The van der Waals surface area contributed by atoms with Crippen molar-refractivity contribution in [2.24, 2.45) is 5.92 Å². The van der Waals surface area contributed by atoms with Gasteiger partial charge in [0.05, 0.1) is 6.61 Å². The number of nitrogens with zero attached hydrogens (tertiary/aromatic N) is 1. The number of halogens is 6. The fourth-order valence-electron chi connectivity index (χ4n) is 5.10. The van der Waals surface area contributed by atoms with Gasteiger partial charge in [-0.25, -0.2) is 0 Å². The molecule has 1 aliphatic rings. The second-order valence-electron chi connectivity index (χ2n) is 9.82. The Balaban J connectivity index is 1.47. The number of alkyl halides is 6. The first-order chi connectivity index (χ1) is 19.0.